The van der Waals surface area contributed by atoms with E-state index >= 15 is 0 Å². The number of hydrogen-bond donors (Lipinski definition) is 2. The summed E-state index contributed by atoms with van der Waals surface area (Å²) in [5, 5.41) is 2.95. The van der Waals surface area contributed by atoms with Crippen LogP contribution in [0.3, 0.4) is 0 Å². The lowest BCUT2D eigenvalue weighted by molar-refractivity contribution is -0.139. The monoisotopic (exact) mass is 601 g/mol. The predicted octanol–water partition coefficient (Wildman–Crippen LogP) is 6.69. The van der Waals surface area contributed by atoms with Crippen molar-refractivity contribution in [1.29, 1.82) is 0 Å². The fourth-order valence-corrected chi connectivity index (χ4v) is 5.09. The quantitative estimate of drug-likeness (QED) is 0.278. The zero-order chi connectivity index (χ0) is 31.4. The van der Waals surface area contributed by atoms with Crippen LogP contribution in [0.15, 0.2) is 54.7 Å². The number of piperidine rings is 1. The molecule has 0 radical (unpaired) electrons. The predicted molar refractivity (Wildman–Crippen MR) is 153 cm³/mol. The Morgan fingerprint density at radius 2 is 1.67 bits per heavy atom. The Morgan fingerprint density at radius 3 is 2.23 bits per heavy atom. The highest BCUT2D eigenvalue weighted by atomic mass is 19.4. The Bertz CT molecular complexity index is 1420. The molecule has 1 aromatic heterocycles. The van der Waals surface area contributed by atoms with Crippen LogP contribution in [0.2, 0.25) is 0 Å². The smallest absolute Gasteiger partial charge is 0.419 e. The molecule has 1 saturated heterocycles. The number of carbonyl (C=O) groups excluding carboxylic acids is 2. The van der Waals surface area contributed by atoms with Gasteiger partial charge in [0.05, 0.1) is 11.3 Å². The summed E-state index contributed by atoms with van der Waals surface area (Å²) in [6.45, 7) is 6.64. The van der Waals surface area contributed by atoms with Gasteiger partial charge in [0.1, 0.15) is 11.4 Å². The number of aromatic nitrogens is 2. The van der Waals surface area contributed by atoms with E-state index in [1.807, 2.05) is 32.9 Å². The van der Waals surface area contributed by atoms with Crippen molar-refractivity contribution in [3.63, 3.8) is 0 Å². The second kappa shape index (κ2) is 13.0. The van der Waals surface area contributed by atoms with E-state index in [-0.39, 0.29) is 30.1 Å². The first-order valence-corrected chi connectivity index (χ1v) is 14.0. The molecule has 1 unspecified atom stereocenters. The lowest BCUT2D eigenvalue weighted by Crippen LogP contribution is -2.41. The first-order chi connectivity index (χ1) is 20.2. The molecular formula is C31H35F4N5O3. The van der Waals surface area contributed by atoms with Gasteiger partial charge in [-0.3, -0.25) is 4.79 Å². The summed E-state index contributed by atoms with van der Waals surface area (Å²) in [6.07, 6.45) is -3.26. The van der Waals surface area contributed by atoms with Crippen LogP contribution in [0.1, 0.15) is 74.3 Å². The highest BCUT2D eigenvalue weighted by Crippen LogP contribution is 2.37. The van der Waals surface area contributed by atoms with E-state index in [1.54, 1.807) is 17.0 Å². The van der Waals surface area contributed by atoms with Crippen molar-refractivity contribution in [3.8, 4) is 0 Å². The maximum Gasteiger partial charge on any atom is 0.419 e. The number of ether oxygens (including phenoxy) is 1. The largest absolute Gasteiger partial charge is 0.444 e. The van der Waals surface area contributed by atoms with E-state index in [1.165, 1.54) is 24.3 Å². The Hall–Kier alpha value is -4.22. The van der Waals surface area contributed by atoms with Crippen molar-refractivity contribution >= 4 is 23.6 Å². The van der Waals surface area contributed by atoms with Crippen molar-refractivity contribution < 1.29 is 31.9 Å². The number of nitrogens with zero attached hydrogens (tertiary/aromatic N) is 3. The molecule has 0 saturated carbocycles. The molecule has 2 aromatic carbocycles. The van der Waals surface area contributed by atoms with E-state index in [2.05, 4.69) is 15.3 Å². The zero-order valence-corrected chi connectivity index (χ0v) is 24.2. The van der Waals surface area contributed by atoms with E-state index in [0.717, 1.165) is 18.4 Å². The minimum Gasteiger partial charge on any atom is -0.444 e. The number of rotatable bonds is 8. The van der Waals surface area contributed by atoms with Gasteiger partial charge < -0.3 is 20.7 Å². The first kappa shape index (κ1) is 31.7. The number of alkyl halides is 3. The van der Waals surface area contributed by atoms with Gasteiger partial charge in [-0.15, -0.1) is 0 Å². The summed E-state index contributed by atoms with van der Waals surface area (Å²) >= 11 is 0. The third kappa shape index (κ3) is 8.89. The lowest BCUT2D eigenvalue weighted by atomic mass is 9.89. The van der Waals surface area contributed by atoms with Gasteiger partial charge in [-0.2, -0.15) is 13.2 Å². The highest BCUT2D eigenvalue weighted by Gasteiger charge is 2.37. The van der Waals surface area contributed by atoms with Crippen LogP contribution in [0, 0.1) is 5.82 Å². The molecule has 0 spiro atoms. The number of nitrogens with two attached hydrogens (primary N) is 1. The van der Waals surface area contributed by atoms with Crippen LogP contribution in [-0.2, 0) is 22.1 Å². The van der Waals surface area contributed by atoms with Crippen molar-refractivity contribution in [2.75, 3.05) is 18.4 Å². The van der Waals surface area contributed by atoms with Gasteiger partial charge in [0, 0.05) is 37.3 Å². The standard InChI is InChI=1S/C31H35F4N5O3/c1-30(2,3)43-29(42)40-14-12-21(13-15-40)20-6-10-24(11-7-20)38-28-37-18-25(31(33,34)35)27(39-28)22(17-26(36)41)16-19-4-8-23(32)9-5-19/h4-11,18,21-22H,12-17H2,1-3H3,(H2,36,41)(H,37,38,39). The number of nitrogens with one attached hydrogen (secondary N) is 1. The summed E-state index contributed by atoms with van der Waals surface area (Å²) in [5.41, 5.74) is 5.55. The number of likely N-dealkylation sites (tertiary alicyclic amines) is 1. The summed E-state index contributed by atoms with van der Waals surface area (Å²) < 4.78 is 60.7. The molecule has 3 N–H and O–H groups in total. The topological polar surface area (TPSA) is 110 Å². The molecule has 3 aromatic rings. The number of primary amides is 1. The summed E-state index contributed by atoms with van der Waals surface area (Å²) in [7, 11) is 0. The minimum absolute atomic E-state index is 0.00973. The van der Waals surface area contributed by atoms with Crippen LogP contribution in [0.25, 0.3) is 0 Å². The zero-order valence-electron chi connectivity index (χ0n) is 24.2. The van der Waals surface area contributed by atoms with Gasteiger partial charge in [-0.1, -0.05) is 24.3 Å². The first-order valence-electron chi connectivity index (χ1n) is 14.0. The van der Waals surface area contributed by atoms with Gasteiger partial charge in [0.25, 0.3) is 0 Å². The van der Waals surface area contributed by atoms with Crippen molar-refractivity contribution in [2.45, 2.75) is 70.1 Å². The SMILES string of the molecule is CC(C)(C)OC(=O)N1CCC(c2ccc(Nc3ncc(C(F)(F)F)c(C(CC(N)=O)Cc4ccc(F)cc4)n3)cc2)CC1. The normalized spacial score (nSPS) is 15.2. The third-order valence-electron chi connectivity index (χ3n) is 7.14. The number of anilines is 2. The molecule has 2 amide bonds. The minimum atomic E-state index is -4.77. The molecule has 230 valence electrons. The molecule has 2 heterocycles. The number of hydrogen-bond acceptors (Lipinski definition) is 6. The summed E-state index contributed by atoms with van der Waals surface area (Å²) in [4.78, 5) is 34.0. The van der Waals surface area contributed by atoms with Crippen LogP contribution in [-0.4, -0.2) is 45.6 Å². The van der Waals surface area contributed by atoms with E-state index in [4.69, 9.17) is 10.5 Å². The molecule has 43 heavy (non-hydrogen) atoms. The molecule has 1 fully saturated rings. The van der Waals surface area contributed by atoms with Gasteiger partial charge in [-0.05, 0) is 81.3 Å². The average Bonchev–Trinajstić information content (AvgIpc) is 2.92. The molecule has 8 nitrogen and oxygen atoms in total. The molecular weight excluding hydrogens is 566 g/mol. The van der Waals surface area contributed by atoms with Gasteiger partial charge >= 0.3 is 12.3 Å². The Labute approximate surface area is 247 Å². The summed E-state index contributed by atoms with van der Waals surface area (Å²) in [5.74, 6) is -2.13. The molecule has 0 aliphatic carbocycles. The van der Waals surface area contributed by atoms with Crippen molar-refractivity contribution in [2.24, 2.45) is 5.73 Å². The fraction of sp³-hybridized carbons (Fsp3) is 0.419. The van der Waals surface area contributed by atoms with Gasteiger partial charge in [0.15, 0.2) is 0 Å². The molecule has 12 heteroatoms. The maximum atomic E-state index is 14.0. The molecule has 0 bridgehead atoms. The Balaban J connectivity index is 1.49. The van der Waals surface area contributed by atoms with Crippen LogP contribution in [0.5, 0.6) is 0 Å². The maximum absolute atomic E-state index is 14.0. The molecule has 4 rings (SSSR count). The van der Waals surface area contributed by atoms with Gasteiger partial charge in [0.2, 0.25) is 11.9 Å². The third-order valence-corrected chi connectivity index (χ3v) is 7.14. The van der Waals surface area contributed by atoms with Crippen LogP contribution in [0.4, 0.5) is 34.0 Å². The number of amides is 2. The van der Waals surface area contributed by atoms with Crippen LogP contribution < -0.4 is 11.1 Å². The van der Waals surface area contributed by atoms with Gasteiger partial charge in [-0.25, -0.2) is 19.2 Å². The molecule has 1 aliphatic heterocycles. The van der Waals surface area contributed by atoms with E-state index in [9.17, 15) is 27.2 Å². The second-order valence-electron chi connectivity index (χ2n) is 11.7. The Morgan fingerprint density at radius 1 is 1.05 bits per heavy atom. The van der Waals surface area contributed by atoms with E-state index in [0.29, 0.717) is 30.5 Å². The van der Waals surface area contributed by atoms with Crippen molar-refractivity contribution in [3.05, 3.63) is 82.9 Å². The summed E-state index contributed by atoms with van der Waals surface area (Å²) in [6, 6.07) is 12.7. The number of carbonyl (C=O) groups is 2. The highest BCUT2D eigenvalue weighted by molar-refractivity contribution is 5.75. The average molecular weight is 602 g/mol. The lowest BCUT2D eigenvalue weighted by Gasteiger charge is -2.33. The van der Waals surface area contributed by atoms with Crippen molar-refractivity contribution in [1.82, 2.24) is 14.9 Å². The Kier molecular flexibility index (Phi) is 9.56. The number of benzene rings is 2. The molecule has 1 aliphatic rings. The number of halogens is 4. The second-order valence-corrected chi connectivity index (χ2v) is 11.7. The fourth-order valence-electron chi connectivity index (χ4n) is 5.09. The van der Waals surface area contributed by atoms with Crippen LogP contribution >= 0.6 is 0 Å². The van der Waals surface area contributed by atoms with E-state index < -0.39 is 41.4 Å². The molecule has 1 atom stereocenters.